The summed E-state index contributed by atoms with van der Waals surface area (Å²) in [6.07, 6.45) is 0.259. The predicted octanol–water partition coefficient (Wildman–Crippen LogP) is -1.13. The van der Waals surface area contributed by atoms with E-state index in [0.717, 1.165) is 11.7 Å². The van der Waals surface area contributed by atoms with Crippen molar-refractivity contribution in [3.63, 3.8) is 0 Å². The fourth-order valence-electron chi connectivity index (χ4n) is 1.13. The van der Waals surface area contributed by atoms with E-state index in [1.54, 1.807) is 0 Å². The van der Waals surface area contributed by atoms with Crippen molar-refractivity contribution in [2.45, 2.75) is 12.2 Å². The highest BCUT2D eigenvalue weighted by Gasteiger charge is 2.08. The number of nitrogens with one attached hydrogen (secondary N) is 1. The van der Waals surface area contributed by atoms with Crippen LogP contribution in [0, 0.1) is 0 Å². The van der Waals surface area contributed by atoms with Gasteiger partial charge >= 0.3 is 0 Å². The molecule has 1 rings (SSSR count). The standard InChI is InChI=1S/C9H17N3O4S/c1-15-5-7(13)2-10-3-8(14)6-16-9-4-11-17-12-9/h4,7-8,10,13-14H,2-3,5-6H2,1H3. The Bertz CT molecular complexity index is 286. The van der Waals surface area contributed by atoms with Gasteiger partial charge in [0, 0.05) is 20.2 Å². The molecule has 0 fully saturated rings. The topological polar surface area (TPSA) is 96.7 Å². The van der Waals surface area contributed by atoms with Crippen molar-refractivity contribution in [2.24, 2.45) is 0 Å². The monoisotopic (exact) mass is 263 g/mol. The summed E-state index contributed by atoms with van der Waals surface area (Å²) in [6.45, 7) is 1.10. The Morgan fingerprint density at radius 1 is 1.35 bits per heavy atom. The van der Waals surface area contributed by atoms with Gasteiger partial charge in [0.15, 0.2) is 0 Å². The summed E-state index contributed by atoms with van der Waals surface area (Å²) in [6, 6.07) is 0. The van der Waals surface area contributed by atoms with E-state index in [4.69, 9.17) is 9.47 Å². The third-order valence-corrected chi connectivity index (χ3v) is 2.34. The molecule has 1 aromatic rings. The number of aliphatic hydroxyl groups is 2. The van der Waals surface area contributed by atoms with E-state index in [-0.39, 0.29) is 13.2 Å². The average molecular weight is 263 g/mol. The van der Waals surface area contributed by atoms with Crippen molar-refractivity contribution in [3.8, 4) is 5.88 Å². The minimum Gasteiger partial charge on any atom is -0.473 e. The second-order valence-corrected chi connectivity index (χ2v) is 4.03. The maximum Gasteiger partial charge on any atom is 0.245 e. The van der Waals surface area contributed by atoms with Gasteiger partial charge in [-0.05, 0) is 0 Å². The van der Waals surface area contributed by atoms with Crippen molar-refractivity contribution in [1.29, 1.82) is 0 Å². The third-order valence-electron chi connectivity index (χ3n) is 1.88. The second-order valence-electron chi connectivity index (χ2n) is 3.48. The van der Waals surface area contributed by atoms with Gasteiger partial charge in [0.25, 0.3) is 0 Å². The van der Waals surface area contributed by atoms with Crippen LogP contribution >= 0.6 is 11.7 Å². The zero-order valence-corrected chi connectivity index (χ0v) is 10.4. The minimum absolute atomic E-state index is 0.138. The van der Waals surface area contributed by atoms with E-state index < -0.39 is 12.2 Å². The minimum atomic E-state index is -0.661. The van der Waals surface area contributed by atoms with Gasteiger partial charge in [-0.15, -0.1) is 4.37 Å². The quantitative estimate of drug-likeness (QED) is 0.519. The van der Waals surface area contributed by atoms with Crippen LogP contribution in [0.5, 0.6) is 5.88 Å². The highest BCUT2D eigenvalue weighted by molar-refractivity contribution is 6.99. The van der Waals surface area contributed by atoms with E-state index in [9.17, 15) is 10.2 Å². The Kier molecular flexibility index (Phi) is 6.97. The van der Waals surface area contributed by atoms with Crippen molar-refractivity contribution in [2.75, 3.05) is 33.4 Å². The highest BCUT2D eigenvalue weighted by atomic mass is 32.1. The van der Waals surface area contributed by atoms with Crippen LogP contribution in [-0.4, -0.2) is 64.6 Å². The summed E-state index contributed by atoms with van der Waals surface area (Å²) >= 11 is 1.05. The number of aromatic nitrogens is 2. The molecule has 0 aliphatic carbocycles. The smallest absolute Gasteiger partial charge is 0.245 e. The zero-order valence-electron chi connectivity index (χ0n) is 9.57. The van der Waals surface area contributed by atoms with E-state index in [1.807, 2.05) is 0 Å². The maximum atomic E-state index is 9.55. The number of hydrogen-bond acceptors (Lipinski definition) is 8. The first kappa shape index (κ1) is 14.3. The summed E-state index contributed by atoms with van der Waals surface area (Å²) in [5.74, 6) is 0.411. The Morgan fingerprint density at radius 2 is 2.06 bits per heavy atom. The summed E-state index contributed by atoms with van der Waals surface area (Å²) in [5, 5.41) is 21.8. The highest BCUT2D eigenvalue weighted by Crippen LogP contribution is 2.04. The number of rotatable bonds is 9. The van der Waals surface area contributed by atoms with Crippen LogP contribution in [-0.2, 0) is 4.74 Å². The average Bonchev–Trinajstić information content (AvgIpc) is 2.79. The van der Waals surface area contributed by atoms with Gasteiger partial charge in [0.05, 0.1) is 24.4 Å². The van der Waals surface area contributed by atoms with E-state index in [2.05, 4.69) is 14.1 Å². The SMILES string of the molecule is COCC(O)CNCC(O)COc1cnsn1. The Balaban J connectivity index is 2.03. The lowest BCUT2D eigenvalue weighted by Crippen LogP contribution is -2.37. The molecule has 98 valence electrons. The fourth-order valence-corrected chi connectivity index (χ4v) is 1.49. The summed E-state index contributed by atoms with van der Waals surface area (Å²) in [5.41, 5.74) is 0. The van der Waals surface area contributed by atoms with Gasteiger partial charge in [0.2, 0.25) is 5.88 Å². The lowest BCUT2D eigenvalue weighted by atomic mass is 10.3. The molecule has 3 N–H and O–H groups in total. The van der Waals surface area contributed by atoms with Crippen molar-refractivity contribution >= 4 is 11.7 Å². The van der Waals surface area contributed by atoms with Crippen LogP contribution in [0.15, 0.2) is 6.20 Å². The molecule has 0 aliphatic rings. The van der Waals surface area contributed by atoms with Gasteiger partial charge in [-0.3, -0.25) is 0 Å². The van der Waals surface area contributed by atoms with Gasteiger partial charge in [0.1, 0.15) is 18.9 Å². The molecule has 0 aromatic carbocycles. The van der Waals surface area contributed by atoms with Gasteiger partial charge in [-0.2, -0.15) is 4.37 Å². The third kappa shape index (κ3) is 6.49. The first-order valence-corrected chi connectivity index (χ1v) is 5.91. The molecule has 2 unspecified atom stereocenters. The lowest BCUT2D eigenvalue weighted by molar-refractivity contribution is 0.0580. The largest absolute Gasteiger partial charge is 0.473 e. The second kappa shape index (κ2) is 8.31. The molecule has 0 radical (unpaired) electrons. The van der Waals surface area contributed by atoms with Crippen molar-refractivity contribution < 1.29 is 19.7 Å². The first-order valence-electron chi connectivity index (χ1n) is 5.18. The van der Waals surface area contributed by atoms with E-state index >= 15 is 0 Å². The number of aliphatic hydroxyl groups excluding tert-OH is 2. The molecule has 17 heavy (non-hydrogen) atoms. The van der Waals surface area contributed by atoms with Gasteiger partial charge in [-0.25, -0.2) is 0 Å². The van der Waals surface area contributed by atoms with Gasteiger partial charge in [-0.1, -0.05) is 0 Å². The lowest BCUT2D eigenvalue weighted by Gasteiger charge is -2.14. The molecule has 1 heterocycles. The summed E-state index contributed by atoms with van der Waals surface area (Å²) < 4.78 is 17.5. The molecule has 7 nitrogen and oxygen atoms in total. The molecule has 0 saturated carbocycles. The molecular formula is C9H17N3O4S. The summed E-state index contributed by atoms with van der Waals surface area (Å²) in [4.78, 5) is 0. The number of methoxy groups -OCH3 is 1. The normalized spacial score (nSPS) is 14.5. The van der Waals surface area contributed by atoms with Crippen LogP contribution in [0.1, 0.15) is 0 Å². The molecule has 0 aliphatic heterocycles. The Hall–Kier alpha value is -0.800. The number of ether oxygens (including phenoxy) is 2. The number of nitrogens with zero attached hydrogens (tertiary/aromatic N) is 2. The summed E-state index contributed by atoms with van der Waals surface area (Å²) in [7, 11) is 1.52. The van der Waals surface area contributed by atoms with Crippen LogP contribution in [0.25, 0.3) is 0 Å². The molecular weight excluding hydrogens is 246 g/mol. The first-order chi connectivity index (χ1) is 8.22. The molecule has 1 aromatic heterocycles. The van der Waals surface area contributed by atoms with Crippen LogP contribution in [0.4, 0.5) is 0 Å². The van der Waals surface area contributed by atoms with E-state index in [0.29, 0.717) is 19.0 Å². The maximum absolute atomic E-state index is 9.55. The fraction of sp³-hybridized carbons (Fsp3) is 0.778. The molecule has 0 bridgehead atoms. The van der Waals surface area contributed by atoms with Crippen LogP contribution < -0.4 is 10.1 Å². The van der Waals surface area contributed by atoms with Crippen LogP contribution in [0.3, 0.4) is 0 Å². The Morgan fingerprint density at radius 3 is 2.65 bits per heavy atom. The number of hydrogen-bond donors (Lipinski definition) is 3. The molecule has 0 saturated heterocycles. The van der Waals surface area contributed by atoms with Crippen LogP contribution in [0.2, 0.25) is 0 Å². The van der Waals surface area contributed by atoms with Gasteiger partial charge < -0.3 is 25.0 Å². The molecule has 8 heteroatoms. The van der Waals surface area contributed by atoms with Crippen molar-refractivity contribution in [1.82, 2.24) is 14.1 Å². The molecule has 0 spiro atoms. The molecule has 2 atom stereocenters. The Labute approximate surface area is 104 Å². The zero-order chi connectivity index (χ0) is 12.5. The van der Waals surface area contributed by atoms with E-state index in [1.165, 1.54) is 13.3 Å². The predicted molar refractivity (Wildman–Crippen MR) is 62.2 cm³/mol. The molecule has 0 amide bonds. The van der Waals surface area contributed by atoms with Crippen molar-refractivity contribution in [3.05, 3.63) is 6.20 Å².